The molecule has 0 radical (unpaired) electrons. The molecule has 0 unspecified atom stereocenters. The van der Waals surface area contributed by atoms with Crippen LogP contribution in [0.5, 0.6) is 0 Å². The third kappa shape index (κ3) is 9.78. The fraction of sp³-hybridized carbons (Fsp3) is 0.682. The maximum Gasteiger partial charge on any atom is 0.190 e. The third-order valence-corrected chi connectivity index (χ3v) is 5.16. The number of nitrogens with zero attached hydrogens (tertiary/aromatic N) is 2. The van der Waals surface area contributed by atoms with Gasteiger partial charge in [-0.2, -0.15) is 0 Å². The van der Waals surface area contributed by atoms with Crippen molar-refractivity contribution in [3.8, 4) is 0 Å². The highest BCUT2D eigenvalue weighted by molar-refractivity contribution is 5.79. The van der Waals surface area contributed by atoms with Crippen LogP contribution < -0.4 is 10.6 Å². The molecule has 1 saturated heterocycles. The minimum Gasteiger partial charge on any atom is -0.377 e. The Morgan fingerprint density at radius 2 is 1.78 bits per heavy atom. The Bertz CT molecular complexity index is 512. The molecule has 5 nitrogen and oxygen atoms in total. The molecule has 1 fully saturated rings. The minimum atomic E-state index is 0.702. The number of hydrogen-bond donors (Lipinski definition) is 2. The molecule has 152 valence electrons. The lowest BCUT2D eigenvalue weighted by molar-refractivity contribution is 0.117. The number of ether oxygens (including phenoxy) is 1. The van der Waals surface area contributed by atoms with Crippen molar-refractivity contribution in [3.05, 3.63) is 35.9 Å². The van der Waals surface area contributed by atoms with Crippen LogP contribution in [0.4, 0.5) is 0 Å². The number of benzene rings is 1. The molecule has 0 atom stereocenters. The van der Waals surface area contributed by atoms with Crippen LogP contribution in [0.15, 0.2) is 35.3 Å². The lowest BCUT2D eigenvalue weighted by Crippen LogP contribution is -2.40. The summed E-state index contributed by atoms with van der Waals surface area (Å²) in [4.78, 5) is 6.90. The van der Waals surface area contributed by atoms with Gasteiger partial charge in [0.15, 0.2) is 5.96 Å². The highest BCUT2D eigenvalue weighted by Gasteiger charge is 2.14. The van der Waals surface area contributed by atoms with E-state index < -0.39 is 0 Å². The predicted octanol–water partition coefficient (Wildman–Crippen LogP) is 3.27. The first-order valence-corrected chi connectivity index (χ1v) is 10.6. The van der Waals surface area contributed by atoms with Gasteiger partial charge in [-0.25, -0.2) is 0 Å². The molecular weight excluding hydrogens is 336 g/mol. The molecule has 5 heteroatoms. The zero-order valence-electron chi connectivity index (χ0n) is 17.3. The van der Waals surface area contributed by atoms with Gasteiger partial charge in [-0.15, -0.1) is 0 Å². The van der Waals surface area contributed by atoms with Crippen molar-refractivity contribution < 1.29 is 4.74 Å². The normalized spacial score (nSPS) is 16.4. The molecule has 2 rings (SSSR count). The molecule has 27 heavy (non-hydrogen) atoms. The summed E-state index contributed by atoms with van der Waals surface area (Å²) in [5.41, 5.74) is 1.24. The first-order chi connectivity index (χ1) is 13.3. The van der Waals surface area contributed by atoms with Gasteiger partial charge in [-0.1, -0.05) is 37.3 Å². The molecule has 1 aromatic carbocycles. The SMILES string of the molecule is CN=C(NCCCCOCc1ccccc1)NCCCN1CCC(C)CC1. The maximum absolute atomic E-state index is 5.72. The lowest BCUT2D eigenvalue weighted by Gasteiger charge is -2.30. The molecule has 1 heterocycles. The van der Waals surface area contributed by atoms with Gasteiger partial charge in [-0.05, 0) is 63.2 Å². The zero-order chi connectivity index (χ0) is 19.2. The van der Waals surface area contributed by atoms with E-state index in [1.54, 1.807) is 0 Å². The van der Waals surface area contributed by atoms with Crippen LogP contribution in [0.1, 0.15) is 44.6 Å². The van der Waals surface area contributed by atoms with Crippen LogP contribution in [0, 0.1) is 5.92 Å². The first kappa shape index (κ1) is 21.7. The van der Waals surface area contributed by atoms with Gasteiger partial charge >= 0.3 is 0 Å². The Balaban J connectivity index is 1.42. The number of aliphatic imine (C=N–C) groups is 1. The fourth-order valence-corrected chi connectivity index (χ4v) is 3.32. The van der Waals surface area contributed by atoms with E-state index in [0.717, 1.165) is 44.4 Å². The first-order valence-electron chi connectivity index (χ1n) is 10.6. The lowest BCUT2D eigenvalue weighted by atomic mass is 9.99. The summed E-state index contributed by atoms with van der Waals surface area (Å²) in [6.07, 6.45) is 6.02. The van der Waals surface area contributed by atoms with Crippen LogP contribution in [-0.4, -0.2) is 57.2 Å². The average Bonchev–Trinajstić information content (AvgIpc) is 2.71. The van der Waals surface area contributed by atoms with E-state index in [4.69, 9.17) is 4.74 Å². The van der Waals surface area contributed by atoms with E-state index in [2.05, 4.69) is 39.6 Å². The van der Waals surface area contributed by atoms with Crippen LogP contribution in [0.2, 0.25) is 0 Å². The van der Waals surface area contributed by atoms with Crippen molar-refractivity contribution in [2.45, 2.75) is 45.6 Å². The standard InChI is InChI=1S/C22H38N4O/c1-20-11-16-26(17-12-20)15-8-14-25-22(23-2)24-13-6-7-18-27-19-21-9-4-3-5-10-21/h3-5,9-10,20H,6-8,11-19H2,1-2H3,(H2,23,24,25). The van der Waals surface area contributed by atoms with Gasteiger partial charge in [0.05, 0.1) is 6.61 Å². The number of piperidine rings is 1. The van der Waals surface area contributed by atoms with E-state index in [1.165, 1.54) is 44.5 Å². The van der Waals surface area contributed by atoms with Crippen molar-refractivity contribution in [1.29, 1.82) is 0 Å². The van der Waals surface area contributed by atoms with E-state index >= 15 is 0 Å². The summed E-state index contributed by atoms with van der Waals surface area (Å²) >= 11 is 0. The second-order valence-electron chi connectivity index (χ2n) is 7.55. The summed E-state index contributed by atoms with van der Waals surface area (Å²) in [5, 5.41) is 6.81. The van der Waals surface area contributed by atoms with Crippen molar-refractivity contribution in [2.75, 3.05) is 46.4 Å². The third-order valence-electron chi connectivity index (χ3n) is 5.16. The number of nitrogens with one attached hydrogen (secondary N) is 2. The Hall–Kier alpha value is -1.59. The van der Waals surface area contributed by atoms with Crippen molar-refractivity contribution in [3.63, 3.8) is 0 Å². The molecule has 0 saturated carbocycles. The average molecular weight is 375 g/mol. The van der Waals surface area contributed by atoms with Crippen LogP contribution in [-0.2, 0) is 11.3 Å². The van der Waals surface area contributed by atoms with Crippen molar-refractivity contribution >= 4 is 5.96 Å². The quantitative estimate of drug-likeness (QED) is 0.355. The van der Waals surface area contributed by atoms with Crippen molar-refractivity contribution in [1.82, 2.24) is 15.5 Å². The minimum absolute atomic E-state index is 0.702. The van der Waals surface area contributed by atoms with Gasteiger partial charge in [0.25, 0.3) is 0 Å². The monoisotopic (exact) mass is 374 g/mol. The fourth-order valence-electron chi connectivity index (χ4n) is 3.32. The highest BCUT2D eigenvalue weighted by Crippen LogP contribution is 2.15. The summed E-state index contributed by atoms with van der Waals surface area (Å²) in [7, 11) is 1.84. The van der Waals surface area contributed by atoms with Gasteiger partial charge < -0.3 is 20.3 Å². The Morgan fingerprint density at radius 1 is 1.07 bits per heavy atom. The van der Waals surface area contributed by atoms with Gasteiger partial charge in [0, 0.05) is 26.7 Å². The highest BCUT2D eigenvalue weighted by atomic mass is 16.5. The number of rotatable bonds is 11. The number of unbranched alkanes of at least 4 members (excludes halogenated alkanes) is 1. The van der Waals surface area contributed by atoms with Crippen LogP contribution in [0.3, 0.4) is 0 Å². The molecule has 1 aliphatic rings. The van der Waals surface area contributed by atoms with Gasteiger partial charge in [0.2, 0.25) is 0 Å². The summed E-state index contributed by atoms with van der Waals surface area (Å²) in [5.74, 6) is 1.82. The molecule has 2 N–H and O–H groups in total. The molecule has 1 aliphatic heterocycles. The Morgan fingerprint density at radius 3 is 2.48 bits per heavy atom. The molecule has 0 bridgehead atoms. The van der Waals surface area contributed by atoms with Crippen LogP contribution >= 0.6 is 0 Å². The summed E-state index contributed by atoms with van der Waals surface area (Å²) in [6, 6.07) is 10.3. The van der Waals surface area contributed by atoms with Crippen molar-refractivity contribution in [2.24, 2.45) is 10.9 Å². The van der Waals surface area contributed by atoms with E-state index in [-0.39, 0.29) is 0 Å². The van der Waals surface area contributed by atoms with E-state index in [9.17, 15) is 0 Å². The topological polar surface area (TPSA) is 48.9 Å². The predicted molar refractivity (Wildman–Crippen MR) is 114 cm³/mol. The summed E-state index contributed by atoms with van der Waals surface area (Å²) in [6.45, 7) is 9.50. The maximum atomic E-state index is 5.72. The van der Waals surface area contributed by atoms with Crippen LogP contribution in [0.25, 0.3) is 0 Å². The smallest absolute Gasteiger partial charge is 0.190 e. The van der Waals surface area contributed by atoms with E-state index in [1.807, 2.05) is 25.2 Å². The number of likely N-dealkylation sites (tertiary alicyclic amines) is 1. The molecular formula is C22H38N4O. The van der Waals surface area contributed by atoms with E-state index in [0.29, 0.717) is 6.61 Å². The number of hydrogen-bond acceptors (Lipinski definition) is 3. The van der Waals surface area contributed by atoms with Gasteiger partial charge in [0.1, 0.15) is 0 Å². The zero-order valence-corrected chi connectivity index (χ0v) is 17.3. The largest absolute Gasteiger partial charge is 0.377 e. The molecule has 0 spiro atoms. The second-order valence-corrected chi connectivity index (χ2v) is 7.55. The molecule has 1 aromatic rings. The van der Waals surface area contributed by atoms with Gasteiger partial charge in [-0.3, -0.25) is 4.99 Å². The Labute approximate surface area is 165 Å². The molecule has 0 aromatic heterocycles. The second kappa shape index (κ2) is 13.6. The Kier molecular flexibility index (Phi) is 10.9. The number of guanidine groups is 1. The molecule has 0 aliphatic carbocycles. The summed E-state index contributed by atoms with van der Waals surface area (Å²) < 4.78 is 5.72. The molecule has 0 amide bonds.